The molecular weight excluding hydrogens is 340 g/mol. The Balaban J connectivity index is 1.44. The Morgan fingerprint density at radius 1 is 1.26 bits per heavy atom. The third-order valence-corrected chi connectivity index (χ3v) is 4.78. The number of aromatic amines is 1. The lowest BCUT2D eigenvalue weighted by Gasteiger charge is -2.32. The minimum Gasteiger partial charge on any atom is -0.347 e. The standard InChI is InChI=1S/C20H22N6O/c27-20(25-19-8-1-2-9-22-19)18-7-3-6-17(24-18)15-5-4-10-26(12-15)13-16-11-21-14-23-16/h1-3,6-9,11,14-15H,4-5,10,12-13H2,(H,21,23)(H,22,25,27)/t15-/m0/s1. The van der Waals surface area contributed by atoms with Crippen LogP contribution in [0.3, 0.4) is 0 Å². The summed E-state index contributed by atoms with van der Waals surface area (Å²) in [7, 11) is 0. The summed E-state index contributed by atoms with van der Waals surface area (Å²) in [6, 6.07) is 11.1. The lowest BCUT2D eigenvalue weighted by atomic mass is 9.94. The second kappa shape index (κ2) is 8.09. The smallest absolute Gasteiger partial charge is 0.275 e. The van der Waals surface area contributed by atoms with Crippen molar-refractivity contribution < 1.29 is 4.79 Å². The highest BCUT2D eigenvalue weighted by atomic mass is 16.1. The van der Waals surface area contributed by atoms with Gasteiger partial charge in [0.15, 0.2) is 0 Å². The van der Waals surface area contributed by atoms with E-state index in [0.717, 1.165) is 43.9 Å². The minimum absolute atomic E-state index is 0.235. The number of amides is 1. The molecule has 0 aliphatic carbocycles. The van der Waals surface area contributed by atoms with Gasteiger partial charge in [-0.15, -0.1) is 0 Å². The lowest BCUT2D eigenvalue weighted by Crippen LogP contribution is -2.34. The molecule has 4 heterocycles. The van der Waals surface area contributed by atoms with E-state index in [4.69, 9.17) is 0 Å². The summed E-state index contributed by atoms with van der Waals surface area (Å²) in [6.45, 7) is 2.85. The number of likely N-dealkylation sites (tertiary alicyclic amines) is 1. The first-order valence-electron chi connectivity index (χ1n) is 9.17. The number of nitrogens with zero attached hydrogens (tertiary/aromatic N) is 4. The number of pyridine rings is 2. The van der Waals surface area contributed by atoms with Crippen LogP contribution in [0.2, 0.25) is 0 Å². The van der Waals surface area contributed by atoms with Crippen molar-refractivity contribution in [2.45, 2.75) is 25.3 Å². The van der Waals surface area contributed by atoms with Crippen LogP contribution < -0.4 is 5.32 Å². The Kier molecular flexibility index (Phi) is 5.20. The van der Waals surface area contributed by atoms with Gasteiger partial charge < -0.3 is 10.3 Å². The number of hydrogen-bond donors (Lipinski definition) is 2. The molecule has 0 unspecified atom stereocenters. The van der Waals surface area contributed by atoms with Crippen LogP contribution in [0.4, 0.5) is 5.82 Å². The third-order valence-electron chi connectivity index (χ3n) is 4.78. The first-order valence-corrected chi connectivity index (χ1v) is 9.17. The highest BCUT2D eigenvalue weighted by Crippen LogP contribution is 2.26. The molecule has 1 aliphatic rings. The second-order valence-corrected chi connectivity index (χ2v) is 6.77. The van der Waals surface area contributed by atoms with Crippen molar-refractivity contribution in [1.29, 1.82) is 0 Å². The number of nitrogens with one attached hydrogen (secondary N) is 2. The van der Waals surface area contributed by atoms with Gasteiger partial charge >= 0.3 is 0 Å². The summed E-state index contributed by atoms with van der Waals surface area (Å²) in [4.78, 5) is 30.9. The summed E-state index contributed by atoms with van der Waals surface area (Å²) in [6.07, 6.45) is 7.42. The van der Waals surface area contributed by atoms with Gasteiger partial charge in [-0.1, -0.05) is 12.1 Å². The molecule has 0 spiro atoms. The fourth-order valence-electron chi connectivity index (χ4n) is 3.47. The average molecular weight is 362 g/mol. The van der Waals surface area contributed by atoms with Gasteiger partial charge in [-0.3, -0.25) is 9.69 Å². The molecule has 1 amide bonds. The first kappa shape index (κ1) is 17.4. The molecule has 3 aromatic rings. The van der Waals surface area contributed by atoms with E-state index in [0.29, 0.717) is 17.4 Å². The van der Waals surface area contributed by atoms with Crippen LogP contribution in [0.25, 0.3) is 0 Å². The molecule has 2 N–H and O–H groups in total. The molecule has 1 aliphatic heterocycles. The Morgan fingerprint density at radius 3 is 3.04 bits per heavy atom. The maximum absolute atomic E-state index is 12.5. The monoisotopic (exact) mass is 362 g/mol. The summed E-state index contributed by atoms with van der Waals surface area (Å²) in [5.41, 5.74) is 2.51. The number of carbonyl (C=O) groups excluding carboxylic acids is 1. The third kappa shape index (κ3) is 4.38. The van der Waals surface area contributed by atoms with E-state index in [-0.39, 0.29) is 5.91 Å². The molecule has 7 heteroatoms. The van der Waals surface area contributed by atoms with Crippen molar-refractivity contribution >= 4 is 11.7 Å². The van der Waals surface area contributed by atoms with Crippen molar-refractivity contribution in [2.24, 2.45) is 0 Å². The van der Waals surface area contributed by atoms with E-state index in [2.05, 4.69) is 30.2 Å². The molecule has 0 bridgehead atoms. The van der Waals surface area contributed by atoms with Gasteiger partial charge in [0.25, 0.3) is 5.91 Å². The number of aromatic nitrogens is 4. The highest BCUT2D eigenvalue weighted by molar-refractivity contribution is 6.02. The zero-order valence-electron chi connectivity index (χ0n) is 15.0. The molecule has 0 saturated carbocycles. The van der Waals surface area contributed by atoms with Gasteiger partial charge in [0.2, 0.25) is 0 Å². The quantitative estimate of drug-likeness (QED) is 0.729. The number of anilines is 1. The van der Waals surface area contributed by atoms with Gasteiger partial charge in [-0.25, -0.2) is 15.0 Å². The number of carbonyl (C=O) groups is 1. The summed E-state index contributed by atoms with van der Waals surface area (Å²) < 4.78 is 0. The van der Waals surface area contributed by atoms with Crippen LogP contribution in [-0.4, -0.2) is 43.8 Å². The molecule has 7 nitrogen and oxygen atoms in total. The van der Waals surface area contributed by atoms with Crippen molar-refractivity contribution in [3.63, 3.8) is 0 Å². The Hall–Kier alpha value is -3.06. The molecule has 0 radical (unpaired) electrons. The fourth-order valence-corrected chi connectivity index (χ4v) is 3.47. The lowest BCUT2D eigenvalue weighted by molar-refractivity contribution is 0.102. The van der Waals surface area contributed by atoms with E-state index in [1.54, 1.807) is 24.7 Å². The minimum atomic E-state index is -0.235. The molecule has 0 aromatic carbocycles. The zero-order valence-corrected chi connectivity index (χ0v) is 15.0. The molecule has 1 atom stereocenters. The molecule has 1 fully saturated rings. The zero-order chi connectivity index (χ0) is 18.5. The number of piperidine rings is 1. The van der Waals surface area contributed by atoms with Crippen LogP contribution in [-0.2, 0) is 6.54 Å². The van der Waals surface area contributed by atoms with E-state index in [1.807, 2.05) is 30.5 Å². The summed E-state index contributed by atoms with van der Waals surface area (Å²) >= 11 is 0. The van der Waals surface area contributed by atoms with Crippen LogP contribution >= 0.6 is 0 Å². The fraction of sp³-hybridized carbons (Fsp3) is 0.300. The molecule has 27 heavy (non-hydrogen) atoms. The molecule has 138 valence electrons. The number of rotatable bonds is 5. The molecule has 4 rings (SSSR count). The van der Waals surface area contributed by atoms with E-state index in [9.17, 15) is 4.79 Å². The van der Waals surface area contributed by atoms with E-state index in [1.165, 1.54) is 0 Å². The van der Waals surface area contributed by atoms with Crippen molar-refractivity contribution in [1.82, 2.24) is 24.8 Å². The number of imidazole rings is 1. The van der Waals surface area contributed by atoms with Crippen LogP contribution in [0.5, 0.6) is 0 Å². The average Bonchev–Trinajstić information content (AvgIpc) is 3.22. The van der Waals surface area contributed by atoms with Gasteiger partial charge in [-0.05, 0) is 43.7 Å². The SMILES string of the molecule is O=C(Nc1ccccn1)c1cccc([C@H]2CCCN(Cc3cnc[nH]3)C2)n1. The maximum Gasteiger partial charge on any atom is 0.275 e. The first-order chi connectivity index (χ1) is 13.3. The number of hydrogen-bond acceptors (Lipinski definition) is 5. The van der Waals surface area contributed by atoms with Crippen LogP contribution in [0.15, 0.2) is 55.1 Å². The number of H-pyrrole nitrogens is 1. The van der Waals surface area contributed by atoms with Crippen molar-refractivity contribution in [3.8, 4) is 0 Å². The topological polar surface area (TPSA) is 86.8 Å². The van der Waals surface area contributed by atoms with Crippen LogP contribution in [0.1, 0.15) is 40.6 Å². The molecular formula is C20H22N6O. The predicted molar refractivity (Wildman–Crippen MR) is 102 cm³/mol. The van der Waals surface area contributed by atoms with E-state index >= 15 is 0 Å². The Bertz CT molecular complexity index is 881. The summed E-state index contributed by atoms with van der Waals surface area (Å²) in [5.74, 6) is 0.614. The van der Waals surface area contributed by atoms with Gasteiger partial charge in [0.05, 0.1) is 6.33 Å². The normalized spacial score (nSPS) is 17.6. The van der Waals surface area contributed by atoms with E-state index < -0.39 is 0 Å². The molecule has 3 aromatic heterocycles. The predicted octanol–water partition coefficient (Wildman–Crippen LogP) is 2.83. The molecule has 1 saturated heterocycles. The van der Waals surface area contributed by atoms with Gasteiger partial charge in [0.1, 0.15) is 11.5 Å². The summed E-state index contributed by atoms with van der Waals surface area (Å²) in [5, 5.41) is 2.79. The van der Waals surface area contributed by atoms with Gasteiger partial charge in [-0.2, -0.15) is 0 Å². The Morgan fingerprint density at radius 2 is 2.22 bits per heavy atom. The second-order valence-electron chi connectivity index (χ2n) is 6.77. The van der Waals surface area contributed by atoms with Crippen LogP contribution in [0, 0.1) is 0 Å². The largest absolute Gasteiger partial charge is 0.347 e. The maximum atomic E-state index is 12.5. The van der Waals surface area contributed by atoms with Crippen molar-refractivity contribution in [3.05, 3.63) is 72.2 Å². The highest BCUT2D eigenvalue weighted by Gasteiger charge is 2.23. The Labute approximate surface area is 157 Å². The van der Waals surface area contributed by atoms with Crippen molar-refractivity contribution in [2.75, 3.05) is 18.4 Å². The van der Waals surface area contributed by atoms with Gasteiger partial charge in [0, 0.05) is 42.8 Å².